The Labute approximate surface area is 192 Å². The fourth-order valence-corrected chi connectivity index (χ4v) is 3.76. The highest BCUT2D eigenvalue weighted by Crippen LogP contribution is 2.47. The van der Waals surface area contributed by atoms with Crippen molar-refractivity contribution in [1.29, 1.82) is 0 Å². The molecule has 0 aliphatic carbocycles. The van der Waals surface area contributed by atoms with Crippen LogP contribution in [0.2, 0.25) is 0 Å². The summed E-state index contributed by atoms with van der Waals surface area (Å²) >= 11 is 0. The highest BCUT2D eigenvalue weighted by atomic mass is 31.2. The van der Waals surface area contributed by atoms with Crippen molar-refractivity contribution in [3.8, 4) is 11.5 Å². The van der Waals surface area contributed by atoms with Gasteiger partial charge < -0.3 is 18.5 Å². The summed E-state index contributed by atoms with van der Waals surface area (Å²) < 4.78 is 101. The number of hydrogen-bond donors (Lipinski definition) is 1. The van der Waals surface area contributed by atoms with Gasteiger partial charge in [0.25, 0.3) is 0 Å². The molecule has 0 fully saturated rings. The lowest BCUT2D eigenvalue weighted by Crippen LogP contribution is -2.27. The van der Waals surface area contributed by atoms with Crippen LogP contribution in [0.3, 0.4) is 0 Å². The summed E-state index contributed by atoms with van der Waals surface area (Å²) in [7, 11) is -3.58. The van der Waals surface area contributed by atoms with Gasteiger partial charge in [-0.05, 0) is 23.1 Å². The first kappa shape index (κ1) is 27.6. The molecule has 0 aliphatic rings. The predicted octanol–water partition coefficient (Wildman–Crippen LogP) is 5.02. The van der Waals surface area contributed by atoms with Crippen molar-refractivity contribution >= 4 is 13.7 Å². The zero-order valence-corrected chi connectivity index (χ0v) is 19.6. The molecule has 0 aromatic heterocycles. The van der Waals surface area contributed by atoms with E-state index >= 15 is 0 Å². The lowest BCUT2D eigenvalue weighted by Gasteiger charge is -2.22. The molecule has 188 valence electrons. The van der Waals surface area contributed by atoms with Gasteiger partial charge in [-0.1, -0.05) is 32.9 Å². The van der Waals surface area contributed by atoms with Crippen LogP contribution in [0.15, 0.2) is 24.3 Å². The maximum atomic E-state index is 14.1. The average Bonchev–Trinajstić information content (AvgIpc) is 2.78. The summed E-state index contributed by atoms with van der Waals surface area (Å²) in [5.74, 6) is -14.7. The maximum Gasteiger partial charge on any atom is 0.513 e. The molecular weight excluding hydrogens is 488 g/mol. The number of rotatable bonds is 10. The molecule has 0 saturated carbocycles. The minimum Gasteiger partial charge on any atom is -0.462 e. The second kappa shape index (κ2) is 11.2. The van der Waals surface area contributed by atoms with Crippen molar-refractivity contribution < 1.29 is 49.8 Å². The Morgan fingerprint density at radius 3 is 1.91 bits per heavy atom. The molecule has 0 spiro atoms. The van der Waals surface area contributed by atoms with E-state index in [1.807, 2.05) is 25.9 Å². The van der Waals surface area contributed by atoms with Crippen molar-refractivity contribution in [3.63, 3.8) is 0 Å². The Bertz CT molecular complexity index is 1050. The molecule has 1 atom stereocenters. The van der Waals surface area contributed by atoms with Crippen LogP contribution in [0.25, 0.3) is 0 Å². The van der Waals surface area contributed by atoms with Gasteiger partial charge in [0.05, 0.1) is 6.61 Å². The molecule has 0 aliphatic heterocycles. The van der Waals surface area contributed by atoms with E-state index in [-0.39, 0.29) is 24.4 Å². The number of carbonyl (C=O) groups is 1. The van der Waals surface area contributed by atoms with Gasteiger partial charge in [0, 0.05) is 7.11 Å². The molecule has 0 heterocycles. The third-order valence-electron chi connectivity index (χ3n) is 4.29. The number of ether oxygens (including phenoxy) is 2. The third kappa shape index (κ3) is 6.91. The van der Waals surface area contributed by atoms with E-state index in [0.717, 1.165) is 5.56 Å². The van der Waals surface area contributed by atoms with Crippen LogP contribution < -0.4 is 14.1 Å². The van der Waals surface area contributed by atoms with E-state index in [4.69, 9.17) is 14.0 Å². The minimum atomic E-state index is -4.94. The summed E-state index contributed by atoms with van der Waals surface area (Å²) in [6.45, 7) is 4.83. The second-order valence-electron chi connectivity index (χ2n) is 7.90. The Balaban J connectivity index is 2.36. The number of hydrogen-bond acceptors (Lipinski definition) is 6. The molecule has 13 heteroatoms. The van der Waals surface area contributed by atoms with Gasteiger partial charge in [0.1, 0.15) is 18.9 Å². The van der Waals surface area contributed by atoms with E-state index in [1.165, 1.54) is 19.2 Å². The van der Waals surface area contributed by atoms with Gasteiger partial charge in [0.15, 0.2) is 0 Å². The Morgan fingerprint density at radius 1 is 0.882 bits per heavy atom. The third-order valence-corrected chi connectivity index (χ3v) is 5.71. The normalized spacial score (nSPS) is 13.3. The molecule has 0 bridgehead atoms. The van der Waals surface area contributed by atoms with E-state index < -0.39 is 55.1 Å². The van der Waals surface area contributed by atoms with Crippen LogP contribution in [-0.2, 0) is 24.2 Å². The van der Waals surface area contributed by atoms with E-state index in [1.54, 1.807) is 12.1 Å². The smallest absolute Gasteiger partial charge is 0.462 e. The van der Waals surface area contributed by atoms with Crippen molar-refractivity contribution in [2.75, 3.05) is 26.9 Å². The van der Waals surface area contributed by atoms with Crippen LogP contribution in [0.5, 0.6) is 11.5 Å². The molecule has 2 aromatic rings. The summed E-state index contributed by atoms with van der Waals surface area (Å²) in [6.07, 6.45) is 0. The summed E-state index contributed by atoms with van der Waals surface area (Å²) in [4.78, 5) is 11.8. The number of nitrogens with one attached hydrogen (secondary N) is 1. The van der Waals surface area contributed by atoms with Crippen molar-refractivity contribution in [2.45, 2.75) is 26.2 Å². The van der Waals surface area contributed by atoms with Crippen LogP contribution in [0.1, 0.15) is 26.3 Å². The summed E-state index contributed by atoms with van der Waals surface area (Å²) in [6, 6.07) is 5.93. The van der Waals surface area contributed by atoms with E-state index in [0.29, 0.717) is 0 Å². The topological polar surface area (TPSA) is 83.1 Å². The SMILES string of the molecule is COCCOC(=O)CNP(=O)(Oc1ccc(C(C)(C)C)cc1)Oc1c(F)c(F)c(F)c(F)c1F. The summed E-state index contributed by atoms with van der Waals surface area (Å²) in [5, 5.41) is 2.00. The summed E-state index contributed by atoms with van der Waals surface area (Å²) in [5.41, 5.74) is 0.600. The molecule has 0 radical (unpaired) electrons. The van der Waals surface area contributed by atoms with Crippen LogP contribution in [-0.4, -0.2) is 32.8 Å². The number of halogens is 5. The molecule has 2 rings (SSSR count). The minimum absolute atomic E-state index is 0.0566. The predicted molar refractivity (Wildman–Crippen MR) is 111 cm³/mol. The first-order valence-electron chi connectivity index (χ1n) is 9.80. The van der Waals surface area contributed by atoms with Crippen molar-refractivity contribution in [2.24, 2.45) is 0 Å². The van der Waals surface area contributed by atoms with Gasteiger partial charge in [-0.25, -0.2) is 17.7 Å². The van der Waals surface area contributed by atoms with Gasteiger partial charge in [0.2, 0.25) is 34.8 Å². The number of benzene rings is 2. The van der Waals surface area contributed by atoms with E-state index in [2.05, 4.69) is 4.52 Å². The number of esters is 1. The van der Waals surface area contributed by atoms with Crippen LogP contribution in [0, 0.1) is 29.1 Å². The highest BCUT2D eigenvalue weighted by molar-refractivity contribution is 7.52. The van der Waals surface area contributed by atoms with Gasteiger partial charge >= 0.3 is 13.7 Å². The fraction of sp³-hybridized carbons (Fsp3) is 0.381. The van der Waals surface area contributed by atoms with Gasteiger partial charge in [-0.15, -0.1) is 0 Å². The van der Waals surface area contributed by atoms with Gasteiger partial charge in [-0.2, -0.15) is 13.9 Å². The zero-order valence-electron chi connectivity index (χ0n) is 18.7. The van der Waals surface area contributed by atoms with E-state index in [9.17, 15) is 31.3 Å². The second-order valence-corrected chi connectivity index (χ2v) is 9.58. The molecule has 2 aromatic carbocycles. The van der Waals surface area contributed by atoms with Gasteiger partial charge in [-0.3, -0.25) is 4.79 Å². The highest BCUT2D eigenvalue weighted by Gasteiger charge is 2.36. The largest absolute Gasteiger partial charge is 0.513 e. The fourth-order valence-electron chi connectivity index (χ4n) is 2.47. The lowest BCUT2D eigenvalue weighted by molar-refractivity contribution is -0.143. The van der Waals surface area contributed by atoms with Crippen LogP contribution in [0.4, 0.5) is 22.0 Å². The van der Waals surface area contributed by atoms with Crippen molar-refractivity contribution in [1.82, 2.24) is 5.09 Å². The Kier molecular flexibility index (Phi) is 9.04. The Hall–Kier alpha value is -2.69. The number of methoxy groups -OCH3 is 1. The molecule has 0 saturated heterocycles. The molecular formula is C21H23F5NO6P. The average molecular weight is 511 g/mol. The maximum absolute atomic E-state index is 14.1. The van der Waals surface area contributed by atoms with Crippen LogP contribution >= 0.6 is 7.75 Å². The lowest BCUT2D eigenvalue weighted by atomic mass is 9.87. The molecule has 0 amide bonds. The number of carbonyl (C=O) groups excluding carboxylic acids is 1. The van der Waals surface area contributed by atoms with Crippen molar-refractivity contribution in [3.05, 3.63) is 58.9 Å². The zero-order chi connectivity index (χ0) is 25.7. The quantitative estimate of drug-likeness (QED) is 0.120. The molecule has 1 unspecified atom stereocenters. The first-order valence-corrected chi connectivity index (χ1v) is 11.3. The first-order chi connectivity index (χ1) is 15.8. The Morgan fingerprint density at radius 2 is 1.41 bits per heavy atom. The monoisotopic (exact) mass is 511 g/mol. The molecule has 34 heavy (non-hydrogen) atoms. The molecule has 1 N–H and O–H groups in total. The standard InChI is InChI=1S/C21H23F5NO6P/c1-21(2,3)12-5-7-13(8-6-12)32-34(29,27-11-14(28)31-10-9-30-4)33-20-18(25)16(23)15(22)17(24)19(20)26/h5-8H,9-11H2,1-4H3,(H,27,29). The molecule has 7 nitrogen and oxygen atoms in total.